The van der Waals surface area contributed by atoms with Crippen molar-refractivity contribution in [2.75, 3.05) is 6.54 Å². The lowest BCUT2D eigenvalue weighted by Crippen LogP contribution is -2.32. The van der Waals surface area contributed by atoms with E-state index < -0.39 is 15.6 Å². The molecule has 9 heteroatoms. The Labute approximate surface area is 185 Å². The molecule has 0 fully saturated rings. The van der Waals surface area contributed by atoms with E-state index in [9.17, 15) is 21.6 Å². The van der Waals surface area contributed by atoms with Crippen LogP contribution in [0.2, 0.25) is 0 Å². The zero-order chi connectivity index (χ0) is 23.1. The van der Waals surface area contributed by atoms with Gasteiger partial charge in [0.05, 0.1) is 0 Å². The highest BCUT2D eigenvalue weighted by molar-refractivity contribution is 7.88. The standard InChI is InChI=1S/C23H25F3N2O3S/c1-15(2)12-19-22-20(31-32(29,30)23(24,25)26)9-8-18-21(22)17(13-27-18)10-11-28(19)14-16-6-4-3-5-7-16/h3-9,13,15,19,27H,10-12,14H2,1-2H3. The molecule has 1 N–H and O–H groups in total. The van der Waals surface area contributed by atoms with Crippen molar-refractivity contribution in [3.8, 4) is 5.75 Å². The third-order valence-corrected chi connectivity index (χ3v) is 6.74. The van der Waals surface area contributed by atoms with Crippen LogP contribution >= 0.6 is 0 Å². The van der Waals surface area contributed by atoms with Gasteiger partial charge in [0.2, 0.25) is 0 Å². The number of benzene rings is 2. The van der Waals surface area contributed by atoms with Crippen molar-refractivity contribution >= 4 is 21.0 Å². The number of hydrogen-bond donors (Lipinski definition) is 1. The maximum Gasteiger partial charge on any atom is 0.534 e. The number of aromatic amines is 1. The van der Waals surface area contributed by atoms with Gasteiger partial charge < -0.3 is 9.17 Å². The summed E-state index contributed by atoms with van der Waals surface area (Å²) in [6.07, 6.45) is 3.16. The molecule has 4 rings (SSSR count). The van der Waals surface area contributed by atoms with Crippen LogP contribution in [0.25, 0.3) is 10.9 Å². The van der Waals surface area contributed by atoms with Crippen molar-refractivity contribution in [3.63, 3.8) is 0 Å². The van der Waals surface area contributed by atoms with Gasteiger partial charge in [-0.25, -0.2) is 0 Å². The highest BCUT2D eigenvalue weighted by Gasteiger charge is 2.49. The molecule has 5 nitrogen and oxygen atoms in total. The first kappa shape index (κ1) is 22.7. The summed E-state index contributed by atoms with van der Waals surface area (Å²) in [6, 6.07) is 12.4. The van der Waals surface area contributed by atoms with Gasteiger partial charge in [-0.05, 0) is 42.0 Å². The summed E-state index contributed by atoms with van der Waals surface area (Å²) in [7, 11) is -5.79. The fraction of sp³-hybridized carbons (Fsp3) is 0.391. The molecule has 1 aliphatic rings. The Kier molecular flexibility index (Phi) is 5.98. The van der Waals surface area contributed by atoms with Crippen LogP contribution < -0.4 is 4.18 Å². The van der Waals surface area contributed by atoms with Gasteiger partial charge in [0, 0.05) is 41.8 Å². The van der Waals surface area contributed by atoms with Crippen LogP contribution in [0.1, 0.15) is 43.0 Å². The number of aromatic nitrogens is 1. The molecule has 32 heavy (non-hydrogen) atoms. The van der Waals surface area contributed by atoms with Crippen molar-refractivity contribution in [2.45, 2.75) is 44.8 Å². The van der Waals surface area contributed by atoms with E-state index in [1.807, 2.05) is 50.4 Å². The van der Waals surface area contributed by atoms with Gasteiger partial charge in [-0.2, -0.15) is 21.6 Å². The zero-order valence-corrected chi connectivity index (χ0v) is 18.6. The Morgan fingerprint density at radius 2 is 1.88 bits per heavy atom. The number of nitrogens with zero attached hydrogens (tertiary/aromatic N) is 1. The third-order valence-electron chi connectivity index (χ3n) is 5.78. The molecule has 1 unspecified atom stereocenters. The van der Waals surface area contributed by atoms with E-state index in [4.69, 9.17) is 4.18 Å². The van der Waals surface area contributed by atoms with Crippen molar-refractivity contribution in [1.82, 2.24) is 9.88 Å². The summed E-state index contributed by atoms with van der Waals surface area (Å²) >= 11 is 0. The smallest absolute Gasteiger partial charge is 0.376 e. The minimum Gasteiger partial charge on any atom is -0.376 e. The van der Waals surface area contributed by atoms with Crippen LogP contribution in [0.4, 0.5) is 13.2 Å². The Morgan fingerprint density at radius 1 is 1.16 bits per heavy atom. The number of halogens is 3. The van der Waals surface area contributed by atoms with E-state index in [1.54, 1.807) is 6.07 Å². The molecule has 0 saturated heterocycles. The third kappa shape index (κ3) is 4.36. The van der Waals surface area contributed by atoms with Crippen LogP contribution in [-0.2, 0) is 23.1 Å². The van der Waals surface area contributed by atoms with E-state index >= 15 is 0 Å². The SMILES string of the molecule is CC(C)CC1c2c(OS(=O)(=O)C(F)(F)F)ccc3[nH]cc(c23)CCN1Cc1ccccc1. The Morgan fingerprint density at radius 3 is 2.53 bits per heavy atom. The van der Waals surface area contributed by atoms with Crippen LogP contribution in [0.15, 0.2) is 48.7 Å². The van der Waals surface area contributed by atoms with Gasteiger partial charge in [-0.3, -0.25) is 4.90 Å². The quantitative estimate of drug-likeness (QED) is 0.383. The number of hydrogen-bond acceptors (Lipinski definition) is 4. The van der Waals surface area contributed by atoms with Crippen molar-refractivity contribution in [2.24, 2.45) is 5.92 Å². The van der Waals surface area contributed by atoms with Crippen LogP contribution in [0.3, 0.4) is 0 Å². The van der Waals surface area contributed by atoms with Crippen molar-refractivity contribution < 1.29 is 25.8 Å². The van der Waals surface area contributed by atoms with Gasteiger partial charge in [0.25, 0.3) is 0 Å². The molecule has 0 radical (unpaired) electrons. The molecule has 2 aromatic carbocycles. The second-order valence-electron chi connectivity index (χ2n) is 8.55. The molecule has 0 spiro atoms. The van der Waals surface area contributed by atoms with Crippen LogP contribution in [0.5, 0.6) is 5.75 Å². The molecule has 1 atom stereocenters. The van der Waals surface area contributed by atoms with Gasteiger partial charge in [0.1, 0.15) is 5.75 Å². The number of rotatable bonds is 6. The molecule has 1 aromatic heterocycles. The molecular weight excluding hydrogens is 441 g/mol. The summed E-state index contributed by atoms with van der Waals surface area (Å²) in [4.78, 5) is 5.37. The van der Waals surface area contributed by atoms with Gasteiger partial charge in [-0.15, -0.1) is 0 Å². The summed E-state index contributed by atoms with van der Waals surface area (Å²) in [5.74, 6) is -0.0395. The highest BCUT2D eigenvalue weighted by Crippen LogP contribution is 2.44. The molecule has 1 aliphatic heterocycles. The largest absolute Gasteiger partial charge is 0.534 e. The molecular formula is C23H25F3N2O3S. The summed E-state index contributed by atoms with van der Waals surface area (Å²) in [6.45, 7) is 5.35. The monoisotopic (exact) mass is 466 g/mol. The first-order chi connectivity index (χ1) is 15.1. The van der Waals surface area contributed by atoms with Crippen molar-refractivity contribution in [3.05, 3.63) is 65.4 Å². The van der Waals surface area contributed by atoms with E-state index in [2.05, 4.69) is 9.88 Å². The van der Waals surface area contributed by atoms with E-state index in [0.717, 1.165) is 22.0 Å². The number of alkyl halides is 3. The first-order valence-corrected chi connectivity index (χ1v) is 11.9. The molecule has 2 heterocycles. The number of H-pyrrole nitrogens is 1. The van der Waals surface area contributed by atoms with E-state index in [0.29, 0.717) is 31.5 Å². The van der Waals surface area contributed by atoms with Gasteiger partial charge in [0.15, 0.2) is 0 Å². The summed E-state index contributed by atoms with van der Waals surface area (Å²) < 4.78 is 67.9. The highest BCUT2D eigenvalue weighted by atomic mass is 32.2. The Bertz CT molecular complexity index is 1200. The summed E-state index contributed by atoms with van der Waals surface area (Å²) in [5, 5.41) is 0.751. The fourth-order valence-electron chi connectivity index (χ4n) is 4.39. The minimum atomic E-state index is -5.79. The zero-order valence-electron chi connectivity index (χ0n) is 17.8. The summed E-state index contributed by atoms with van der Waals surface area (Å²) in [5.41, 5.74) is -2.24. The predicted molar refractivity (Wildman–Crippen MR) is 117 cm³/mol. The molecule has 3 aromatic rings. The average Bonchev–Trinajstić information content (AvgIpc) is 3.05. The second-order valence-corrected chi connectivity index (χ2v) is 10.1. The van der Waals surface area contributed by atoms with Crippen LogP contribution in [0, 0.1) is 5.92 Å². The normalized spacial score (nSPS) is 17.6. The Balaban J connectivity index is 1.87. The molecule has 0 saturated carbocycles. The minimum absolute atomic E-state index is 0.223. The molecule has 0 aliphatic carbocycles. The lowest BCUT2D eigenvalue weighted by Gasteiger charge is -2.33. The Hall–Kier alpha value is -2.52. The maximum absolute atomic E-state index is 13.1. The molecule has 0 amide bonds. The number of nitrogens with one attached hydrogen (secondary N) is 1. The van der Waals surface area contributed by atoms with Crippen LogP contribution in [-0.4, -0.2) is 30.4 Å². The lowest BCUT2D eigenvalue weighted by atomic mass is 9.92. The molecule has 0 bridgehead atoms. The first-order valence-electron chi connectivity index (χ1n) is 10.5. The van der Waals surface area contributed by atoms with E-state index in [1.165, 1.54) is 6.07 Å². The maximum atomic E-state index is 13.1. The average molecular weight is 467 g/mol. The predicted octanol–water partition coefficient (Wildman–Crippen LogP) is 5.54. The van der Waals surface area contributed by atoms with E-state index in [-0.39, 0.29) is 17.7 Å². The lowest BCUT2D eigenvalue weighted by molar-refractivity contribution is -0.0500. The van der Waals surface area contributed by atoms with Crippen molar-refractivity contribution in [1.29, 1.82) is 0 Å². The van der Waals surface area contributed by atoms with Gasteiger partial charge >= 0.3 is 15.6 Å². The van der Waals surface area contributed by atoms with Gasteiger partial charge in [-0.1, -0.05) is 44.2 Å². The second kappa shape index (κ2) is 8.44. The molecule has 172 valence electrons. The fourth-order valence-corrected chi connectivity index (χ4v) is 4.87. The topological polar surface area (TPSA) is 62.4 Å².